The first kappa shape index (κ1) is 19.7. The van der Waals surface area contributed by atoms with Crippen LogP contribution in [0.15, 0.2) is 29.2 Å². The lowest BCUT2D eigenvalue weighted by atomic mass is 10.0. The SMILES string of the molecule is CC(C)NC(=O)[C@H]1CCCCN1S(=O)(=O)c1ccc(C(F)(F)F)cc1. The molecule has 0 aliphatic carbocycles. The van der Waals surface area contributed by atoms with Crippen LogP contribution in [0.25, 0.3) is 0 Å². The van der Waals surface area contributed by atoms with Crippen molar-refractivity contribution in [3.63, 3.8) is 0 Å². The quantitative estimate of drug-likeness (QED) is 0.876. The number of hydrogen-bond acceptors (Lipinski definition) is 3. The van der Waals surface area contributed by atoms with E-state index in [-0.39, 0.29) is 23.4 Å². The molecule has 2 rings (SSSR count). The zero-order chi connectivity index (χ0) is 18.8. The van der Waals surface area contributed by atoms with Crippen molar-refractivity contribution in [3.8, 4) is 0 Å². The molecule has 1 heterocycles. The summed E-state index contributed by atoms with van der Waals surface area (Å²) in [4.78, 5) is 12.1. The lowest BCUT2D eigenvalue weighted by Gasteiger charge is -2.34. The molecule has 1 amide bonds. The Balaban J connectivity index is 2.31. The van der Waals surface area contributed by atoms with Crippen LogP contribution in [0.4, 0.5) is 13.2 Å². The summed E-state index contributed by atoms with van der Waals surface area (Å²) in [6, 6.07) is 2.36. The van der Waals surface area contributed by atoms with E-state index in [1.807, 2.05) is 0 Å². The first-order valence-electron chi connectivity index (χ1n) is 8.03. The van der Waals surface area contributed by atoms with E-state index < -0.39 is 27.8 Å². The number of amides is 1. The minimum absolute atomic E-state index is 0.134. The van der Waals surface area contributed by atoms with Gasteiger partial charge in [-0.15, -0.1) is 0 Å². The third-order valence-electron chi connectivity index (χ3n) is 3.98. The summed E-state index contributed by atoms with van der Waals surface area (Å²) >= 11 is 0. The number of nitrogens with zero attached hydrogens (tertiary/aromatic N) is 1. The van der Waals surface area contributed by atoms with Crippen LogP contribution in [0.5, 0.6) is 0 Å². The summed E-state index contributed by atoms with van der Waals surface area (Å²) < 4.78 is 64.7. The second-order valence-corrected chi connectivity index (χ2v) is 8.20. The van der Waals surface area contributed by atoms with Crippen LogP contribution in [0.1, 0.15) is 38.7 Å². The Hall–Kier alpha value is -1.61. The van der Waals surface area contributed by atoms with Gasteiger partial charge in [0, 0.05) is 12.6 Å². The van der Waals surface area contributed by atoms with Crippen molar-refractivity contribution in [1.29, 1.82) is 0 Å². The molecule has 0 saturated carbocycles. The highest BCUT2D eigenvalue weighted by Crippen LogP contribution is 2.31. The molecular formula is C16H21F3N2O3S. The van der Waals surface area contributed by atoms with Crippen LogP contribution in [0.3, 0.4) is 0 Å². The van der Waals surface area contributed by atoms with Crippen molar-refractivity contribution in [2.75, 3.05) is 6.54 Å². The molecule has 1 aromatic carbocycles. The van der Waals surface area contributed by atoms with E-state index in [2.05, 4.69) is 5.32 Å². The molecule has 1 atom stereocenters. The largest absolute Gasteiger partial charge is 0.416 e. The van der Waals surface area contributed by atoms with Crippen molar-refractivity contribution in [2.24, 2.45) is 0 Å². The molecule has 1 aromatic rings. The van der Waals surface area contributed by atoms with Crippen molar-refractivity contribution < 1.29 is 26.4 Å². The predicted molar refractivity (Wildman–Crippen MR) is 86.3 cm³/mol. The van der Waals surface area contributed by atoms with Gasteiger partial charge in [0.25, 0.3) is 0 Å². The molecule has 5 nitrogen and oxygen atoms in total. The van der Waals surface area contributed by atoms with Gasteiger partial charge < -0.3 is 5.32 Å². The number of carbonyl (C=O) groups excluding carboxylic acids is 1. The van der Waals surface area contributed by atoms with E-state index in [1.54, 1.807) is 13.8 Å². The van der Waals surface area contributed by atoms with Crippen molar-refractivity contribution in [1.82, 2.24) is 9.62 Å². The molecule has 0 unspecified atom stereocenters. The molecule has 1 aliphatic heterocycles. The fraction of sp³-hybridized carbons (Fsp3) is 0.562. The Labute approximate surface area is 145 Å². The van der Waals surface area contributed by atoms with E-state index >= 15 is 0 Å². The van der Waals surface area contributed by atoms with Gasteiger partial charge in [0.2, 0.25) is 15.9 Å². The van der Waals surface area contributed by atoms with Crippen LogP contribution in [0.2, 0.25) is 0 Å². The summed E-state index contributed by atoms with van der Waals surface area (Å²) in [5, 5.41) is 2.70. The Kier molecular flexibility index (Phi) is 5.78. The molecule has 0 bridgehead atoms. The monoisotopic (exact) mass is 378 g/mol. The molecule has 0 aromatic heterocycles. The lowest BCUT2D eigenvalue weighted by molar-refractivity contribution is -0.137. The van der Waals surface area contributed by atoms with Gasteiger partial charge in [-0.1, -0.05) is 6.42 Å². The number of nitrogens with one attached hydrogen (secondary N) is 1. The Morgan fingerprint density at radius 1 is 1.20 bits per heavy atom. The molecule has 1 fully saturated rings. The molecule has 1 saturated heterocycles. The number of piperidine rings is 1. The van der Waals surface area contributed by atoms with Crippen LogP contribution in [-0.4, -0.2) is 37.3 Å². The first-order valence-corrected chi connectivity index (χ1v) is 9.47. The average molecular weight is 378 g/mol. The number of hydrogen-bond donors (Lipinski definition) is 1. The zero-order valence-electron chi connectivity index (χ0n) is 14.0. The van der Waals surface area contributed by atoms with Gasteiger partial charge >= 0.3 is 6.18 Å². The van der Waals surface area contributed by atoms with Crippen molar-refractivity contribution in [2.45, 2.75) is 56.3 Å². The summed E-state index contributed by atoms with van der Waals surface area (Å²) in [5.41, 5.74) is -0.917. The molecule has 9 heteroatoms. The van der Waals surface area contributed by atoms with Crippen LogP contribution >= 0.6 is 0 Å². The van der Waals surface area contributed by atoms with Gasteiger partial charge in [-0.05, 0) is 51.0 Å². The predicted octanol–water partition coefficient (Wildman–Crippen LogP) is 2.77. The van der Waals surface area contributed by atoms with E-state index in [0.717, 1.165) is 35.0 Å². The van der Waals surface area contributed by atoms with Crippen LogP contribution in [0, 0.1) is 0 Å². The smallest absolute Gasteiger partial charge is 0.353 e. The Morgan fingerprint density at radius 2 is 1.80 bits per heavy atom. The summed E-state index contributed by atoms with van der Waals surface area (Å²) in [5.74, 6) is -0.384. The van der Waals surface area contributed by atoms with Gasteiger partial charge in [0.1, 0.15) is 6.04 Å². The van der Waals surface area contributed by atoms with Crippen molar-refractivity contribution >= 4 is 15.9 Å². The molecule has 1 N–H and O–H groups in total. The molecule has 0 spiro atoms. The number of rotatable bonds is 4. The molecule has 25 heavy (non-hydrogen) atoms. The Bertz CT molecular complexity index is 715. The third kappa shape index (κ3) is 4.52. The number of carbonyl (C=O) groups is 1. The number of halogens is 3. The topological polar surface area (TPSA) is 66.5 Å². The zero-order valence-corrected chi connectivity index (χ0v) is 14.8. The number of alkyl halides is 3. The number of benzene rings is 1. The van der Waals surface area contributed by atoms with Gasteiger partial charge in [0.15, 0.2) is 0 Å². The molecule has 140 valence electrons. The van der Waals surface area contributed by atoms with E-state index in [1.165, 1.54) is 0 Å². The summed E-state index contributed by atoms with van der Waals surface area (Å²) in [6.07, 6.45) is -2.83. The van der Waals surface area contributed by atoms with Crippen LogP contribution < -0.4 is 5.32 Å². The fourth-order valence-electron chi connectivity index (χ4n) is 2.79. The van der Waals surface area contributed by atoms with Gasteiger partial charge in [0.05, 0.1) is 10.5 Å². The maximum atomic E-state index is 12.8. The van der Waals surface area contributed by atoms with E-state index in [9.17, 15) is 26.4 Å². The minimum atomic E-state index is -4.53. The standard InChI is InChI=1S/C16H21F3N2O3S/c1-11(2)20-15(22)14-5-3-4-10-21(14)25(23,24)13-8-6-12(7-9-13)16(17,18)19/h6-9,11,14H,3-5,10H2,1-2H3,(H,20,22)/t14-/m1/s1. The maximum Gasteiger partial charge on any atom is 0.416 e. The van der Waals surface area contributed by atoms with E-state index in [0.29, 0.717) is 12.8 Å². The fourth-order valence-corrected chi connectivity index (χ4v) is 4.44. The second-order valence-electron chi connectivity index (χ2n) is 6.31. The first-order chi connectivity index (χ1) is 11.5. The minimum Gasteiger partial charge on any atom is -0.353 e. The number of sulfonamides is 1. The highest BCUT2D eigenvalue weighted by molar-refractivity contribution is 7.89. The molecular weight excluding hydrogens is 357 g/mol. The highest BCUT2D eigenvalue weighted by atomic mass is 32.2. The van der Waals surface area contributed by atoms with Gasteiger partial charge in [-0.25, -0.2) is 8.42 Å². The molecule has 0 radical (unpaired) electrons. The third-order valence-corrected chi connectivity index (χ3v) is 5.90. The normalized spacial score (nSPS) is 19.8. The summed E-state index contributed by atoms with van der Waals surface area (Å²) in [6.45, 7) is 3.71. The van der Waals surface area contributed by atoms with Crippen molar-refractivity contribution in [3.05, 3.63) is 29.8 Å². The molecule has 1 aliphatic rings. The van der Waals surface area contributed by atoms with E-state index in [4.69, 9.17) is 0 Å². The summed E-state index contributed by atoms with van der Waals surface area (Å²) in [7, 11) is -4.05. The Morgan fingerprint density at radius 3 is 2.32 bits per heavy atom. The second kappa shape index (κ2) is 7.33. The van der Waals surface area contributed by atoms with Gasteiger partial charge in [-0.2, -0.15) is 17.5 Å². The average Bonchev–Trinajstić information content (AvgIpc) is 2.53. The lowest BCUT2D eigenvalue weighted by Crippen LogP contribution is -2.52. The van der Waals surface area contributed by atoms with Crippen LogP contribution in [-0.2, 0) is 21.0 Å². The highest BCUT2D eigenvalue weighted by Gasteiger charge is 2.38. The van der Waals surface area contributed by atoms with Gasteiger partial charge in [-0.3, -0.25) is 4.79 Å². The maximum absolute atomic E-state index is 12.8.